The van der Waals surface area contributed by atoms with E-state index in [1.807, 2.05) is 55.6 Å². The molecule has 1 atom stereocenters. The summed E-state index contributed by atoms with van der Waals surface area (Å²) in [7, 11) is 0. The van der Waals surface area contributed by atoms with Crippen molar-refractivity contribution < 1.29 is 9.53 Å². The maximum atomic E-state index is 10.6. The molecule has 0 saturated heterocycles. The van der Waals surface area contributed by atoms with Crippen LogP contribution in [0.25, 0.3) is 5.57 Å². The maximum Gasteiger partial charge on any atom is 0.207 e. The van der Waals surface area contributed by atoms with Gasteiger partial charge in [0, 0.05) is 12.7 Å². The average molecular weight is 460 g/mol. The molecule has 1 aromatic carbocycles. The highest BCUT2D eigenvalue weighted by Crippen LogP contribution is 2.31. The fourth-order valence-corrected chi connectivity index (χ4v) is 3.80. The molecule has 0 saturated carbocycles. The molecule has 0 radical (unpaired) electrons. The van der Waals surface area contributed by atoms with Crippen molar-refractivity contribution in [1.82, 2.24) is 15.3 Å². The Morgan fingerprint density at radius 1 is 1.21 bits per heavy atom. The van der Waals surface area contributed by atoms with Gasteiger partial charge >= 0.3 is 0 Å². The molecule has 2 aromatic rings. The molecule has 0 fully saturated rings. The zero-order valence-corrected chi connectivity index (χ0v) is 20.7. The number of carbonyl (C=O) groups excluding carboxylic acids is 1. The summed E-state index contributed by atoms with van der Waals surface area (Å²) in [4.78, 5) is 19.5. The van der Waals surface area contributed by atoms with Gasteiger partial charge in [0.05, 0.1) is 5.69 Å². The van der Waals surface area contributed by atoms with Crippen LogP contribution in [0.3, 0.4) is 0 Å². The molecular formula is C29H37N3O2. The van der Waals surface area contributed by atoms with Crippen LogP contribution in [0.4, 0.5) is 0 Å². The minimum atomic E-state index is 0.346. The number of para-hydroxylation sites is 1. The van der Waals surface area contributed by atoms with Crippen LogP contribution in [-0.4, -0.2) is 22.9 Å². The van der Waals surface area contributed by atoms with E-state index >= 15 is 0 Å². The summed E-state index contributed by atoms with van der Waals surface area (Å²) in [5.74, 6) is 1.98. The molecule has 0 aliphatic heterocycles. The molecule has 0 spiro atoms. The van der Waals surface area contributed by atoms with E-state index in [0.29, 0.717) is 12.5 Å². The Labute approximate surface area is 204 Å². The van der Waals surface area contributed by atoms with Gasteiger partial charge in [0.1, 0.15) is 17.8 Å². The van der Waals surface area contributed by atoms with Crippen LogP contribution >= 0.6 is 0 Å². The minimum absolute atomic E-state index is 0.346. The second-order valence-corrected chi connectivity index (χ2v) is 8.07. The van der Waals surface area contributed by atoms with Crippen molar-refractivity contribution in [1.29, 1.82) is 0 Å². The van der Waals surface area contributed by atoms with Gasteiger partial charge in [-0.1, -0.05) is 56.9 Å². The molecule has 0 bridgehead atoms. The lowest BCUT2D eigenvalue weighted by Gasteiger charge is -2.21. The summed E-state index contributed by atoms with van der Waals surface area (Å²) in [6.45, 7) is 11.0. The zero-order chi connectivity index (χ0) is 24.6. The highest BCUT2D eigenvalue weighted by Gasteiger charge is 2.18. The van der Waals surface area contributed by atoms with Crippen molar-refractivity contribution in [3.63, 3.8) is 0 Å². The Kier molecular flexibility index (Phi) is 12.1. The third-order valence-electron chi connectivity index (χ3n) is 5.71. The molecule has 1 N–H and O–H groups in total. The molecule has 34 heavy (non-hydrogen) atoms. The van der Waals surface area contributed by atoms with Crippen molar-refractivity contribution in [2.24, 2.45) is 5.92 Å². The summed E-state index contributed by atoms with van der Waals surface area (Å²) in [5.41, 5.74) is 4.50. The van der Waals surface area contributed by atoms with E-state index in [1.165, 1.54) is 5.57 Å². The third kappa shape index (κ3) is 8.81. The molecule has 0 aliphatic rings. The SMILES string of the molecule is C=C/C(=C\C=C(/C)Oc1ccccc1)C/C=C(\c1ncncc1CC)C(CC)CCCNC=O. The molecule has 180 valence electrons. The van der Waals surface area contributed by atoms with Gasteiger partial charge in [0.2, 0.25) is 6.41 Å². The molecule has 5 nitrogen and oxygen atoms in total. The highest BCUT2D eigenvalue weighted by molar-refractivity contribution is 5.67. The topological polar surface area (TPSA) is 64.1 Å². The molecular weight excluding hydrogens is 422 g/mol. The number of nitrogens with one attached hydrogen (secondary N) is 1. The van der Waals surface area contributed by atoms with Gasteiger partial charge in [0.25, 0.3) is 0 Å². The van der Waals surface area contributed by atoms with Crippen molar-refractivity contribution in [3.05, 3.63) is 96.3 Å². The maximum absolute atomic E-state index is 10.6. The Morgan fingerprint density at radius 3 is 2.68 bits per heavy atom. The lowest BCUT2D eigenvalue weighted by molar-refractivity contribution is -0.109. The smallest absolute Gasteiger partial charge is 0.207 e. The number of hydrogen-bond acceptors (Lipinski definition) is 4. The van der Waals surface area contributed by atoms with Crippen LogP contribution in [-0.2, 0) is 11.2 Å². The first-order valence-corrected chi connectivity index (χ1v) is 12.0. The quantitative estimate of drug-likeness (QED) is 0.144. The second kappa shape index (κ2) is 15.4. The fraction of sp³-hybridized carbons (Fsp3) is 0.345. The van der Waals surface area contributed by atoms with Gasteiger partial charge < -0.3 is 10.1 Å². The summed E-state index contributed by atoms with van der Waals surface area (Å²) < 4.78 is 5.87. The number of aryl methyl sites for hydroxylation is 1. The standard InChI is InChI=1S/C29H37N3O2/c1-5-24(16-15-23(4)34-27-13-9-8-10-14-27)17-18-28(25(6-2)12-11-19-30-22-33)29-26(7-3)20-31-21-32-29/h5,8-10,13-16,18,20-22,25H,1,6-7,11-12,17,19H2,2-4H3,(H,30,33)/b23-15+,24-16+,28-18-. The molecule has 1 unspecified atom stereocenters. The van der Waals surface area contributed by atoms with E-state index < -0.39 is 0 Å². The number of allylic oxidation sites excluding steroid dienone is 7. The number of amides is 1. The normalized spacial score (nSPS) is 13.3. The molecule has 0 aliphatic carbocycles. The van der Waals surface area contributed by atoms with E-state index in [-0.39, 0.29) is 0 Å². The molecule has 5 heteroatoms. The highest BCUT2D eigenvalue weighted by atomic mass is 16.5. The number of ether oxygens (including phenoxy) is 1. The predicted octanol–water partition coefficient (Wildman–Crippen LogP) is 6.46. The Bertz CT molecular complexity index is 993. The molecule has 1 heterocycles. The Balaban J connectivity index is 2.27. The van der Waals surface area contributed by atoms with Gasteiger partial charge in [-0.15, -0.1) is 0 Å². The number of rotatable bonds is 15. The van der Waals surface area contributed by atoms with Crippen molar-refractivity contribution in [2.45, 2.75) is 52.9 Å². The summed E-state index contributed by atoms with van der Waals surface area (Å²) in [5, 5.41) is 2.77. The number of nitrogens with zero attached hydrogens (tertiary/aromatic N) is 2. The van der Waals surface area contributed by atoms with Gasteiger partial charge in [-0.25, -0.2) is 9.97 Å². The van der Waals surface area contributed by atoms with E-state index in [1.54, 1.807) is 6.33 Å². The van der Waals surface area contributed by atoms with E-state index in [9.17, 15) is 4.79 Å². The fourth-order valence-electron chi connectivity index (χ4n) is 3.80. The second-order valence-electron chi connectivity index (χ2n) is 8.07. The number of benzene rings is 1. The van der Waals surface area contributed by atoms with Crippen LogP contribution in [0.15, 0.2) is 85.1 Å². The largest absolute Gasteiger partial charge is 0.462 e. The van der Waals surface area contributed by atoms with E-state index in [4.69, 9.17) is 4.74 Å². The lowest BCUT2D eigenvalue weighted by Crippen LogP contribution is -2.14. The monoisotopic (exact) mass is 459 g/mol. The molecule has 2 rings (SSSR count). The first kappa shape index (κ1) is 26.8. The van der Waals surface area contributed by atoms with Crippen molar-refractivity contribution in [3.8, 4) is 5.75 Å². The van der Waals surface area contributed by atoms with Gasteiger partial charge in [0.15, 0.2) is 0 Å². The van der Waals surface area contributed by atoms with Crippen LogP contribution in [0.5, 0.6) is 5.75 Å². The summed E-state index contributed by atoms with van der Waals surface area (Å²) >= 11 is 0. The average Bonchev–Trinajstić information content (AvgIpc) is 2.87. The van der Waals surface area contributed by atoms with E-state index in [2.05, 4.69) is 47.9 Å². The van der Waals surface area contributed by atoms with Crippen molar-refractivity contribution in [2.75, 3.05) is 6.54 Å². The van der Waals surface area contributed by atoms with Crippen LogP contribution in [0.2, 0.25) is 0 Å². The molecule has 1 amide bonds. The van der Waals surface area contributed by atoms with Gasteiger partial charge in [-0.3, -0.25) is 4.79 Å². The predicted molar refractivity (Wildman–Crippen MR) is 140 cm³/mol. The first-order chi connectivity index (χ1) is 16.6. The van der Waals surface area contributed by atoms with Crippen LogP contribution in [0, 0.1) is 5.92 Å². The van der Waals surface area contributed by atoms with Crippen molar-refractivity contribution >= 4 is 12.0 Å². The first-order valence-electron chi connectivity index (χ1n) is 12.0. The minimum Gasteiger partial charge on any atom is -0.462 e. The lowest BCUT2D eigenvalue weighted by atomic mass is 9.86. The number of aromatic nitrogens is 2. The summed E-state index contributed by atoms with van der Waals surface area (Å²) in [6.07, 6.45) is 17.0. The summed E-state index contributed by atoms with van der Waals surface area (Å²) in [6, 6.07) is 9.75. The Hall–Kier alpha value is -3.47. The number of hydrogen-bond donors (Lipinski definition) is 1. The van der Waals surface area contributed by atoms with Gasteiger partial charge in [-0.2, -0.15) is 0 Å². The third-order valence-corrected chi connectivity index (χ3v) is 5.71. The molecule has 1 aromatic heterocycles. The van der Waals surface area contributed by atoms with Crippen LogP contribution in [0.1, 0.15) is 57.7 Å². The van der Waals surface area contributed by atoms with Crippen LogP contribution < -0.4 is 10.1 Å². The van der Waals surface area contributed by atoms with Gasteiger partial charge in [-0.05, 0) is 79.9 Å². The zero-order valence-electron chi connectivity index (χ0n) is 20.7. The van der Waals surface area contributed by atoms with E-state index in [0.717, 1.165) is 66.9 Å². The number of carbonyl (C=O) groups is 1. The Morgan fingerprint density at radius 2 is 2.00 bits per heavy atom.